The summed E-state index contributed by atoms with van der Waals surface area (Å²) in [4.78, 5) is 21.5. The van der Waals surface area contributed by atoms with Crippen LogP contribution in [0.5, 0.6) is 0 Å². The molecule has 1 rings (SSSR count). The van der Waals surface area contributed by atoms with Crippen molar-refractivity contribution in [3.05, 3.63) is 35.9 Å². The predicted molar refractivity (Wildman–Crippen MR) is 52.8 cm³/mol. The summed E-state index contributed by atoms with van der Waals surface area (Å²) in [5, 5.41) is 13.0. The maximum atomic E-state index is 10.7. The molecule has 0 aliphatic heterocycles. The van der Waals surface area contributed by atoms with Crippen LogP contribution in [0.25, 0.3) is 0 Å². The van der Waals surface area contributed by atoms with Gasteiger partial charge >= 0.3 is 29.6 Å². The summed E-state index contributed by atoms with van der Waals surface area (Å²) in [7, 11) is 0. The zero-order valence-electron chi connectivity index (χ0n) is 9.40. The smallest absolute Gasteiger partial charge is 0.548 e. The number of nitrogens with one attached hydrogen (secondary N) is 1. The molecule has 16 heavy (non-hydrogen) atoms. The Hall–Kier alpha value is -0.840. The number of carboxylic acid groups (broad SMARTS) is 1. The first-order valence-electron chi connectivity index (χ1n) is 4.61. The third-order valence-corrected chi connectivity index (χ3v) is 1.94. The number of carbonyl (C=O) groups excluding carboxylic acids is 2. The molecule has 1 atom stereocenters. The summed E-state index contributed by atoms with van der Waals surface area (Å²) in [6, 6.07) is 8.11. The third kappa shape index (κ3) is 5.30. The number of aliphatic carboxylic acids is 1. The van der Waals surface area contributed by atoms with Crippen molar-refractivity contribution < 1.29 is 44.3 Å². The average Bonchev–Trinajstić information content (AvgIpc) is 2.17. The van der Waals surface area contributed by atoms with Gasteiger partial charge in [0.25, 0.3) is 0 Å². The maximum Gasteiger partial charge on any atom is 1.00 e. The molecule has 1 unspecified atom stereocenters. The number of hydrogen-bond acceptors (Lipinski definition) is 3. The topological polar surface area (TPSA) is 69.2 Å². The Morgan fingerprint density at radius 2 is 1.88 bits per heavy atom. The molecule has 5 heteroatoms. The molecule has 0 saturated carbocycles. The van der Waals surface area contributed by atoms with Gasteiger partial charge < -0.3 is 15.2 Å². The molecule has 0 heterocycles. The van der Waals surface area contributed by atoms with E-state index >= 15 is 0 Å². The average molecular weight is 229 g/mol. The molecule has 1 amide bonds. The van der Waals surface area contributed by atoms with Crippen LogP contribution in [0.15, 0.2) is 30.3 Å². The quantitative estimate of drug-likeness (QED) is 0.544. The van der Waals surface area contributed by atoms with Gasteiger partial charge in [0.1, 0.15) is 0 Å². The summed E-state index contributed by atoms with van der Waals surface area (Å²) < 4.78 is 0. The normalized spacial score (nSPS) is 11.1. The Morgan fingerprint density at radius 1 is 1.31 bits per heavy atom. The first-order chi connectivity index (χ1) is 7.09. The third-order valence-electron chi connectivity index (χ3n) is 1.94. The van der Waals surface area contributed by atoms with Gasteiger partial charge in [-0.15, -0.1) is 0 Å². The fourth-order valence-corrected chi connectivity index (χ4v) is 1.29. The number of carbonyl (C=O) groups is 2. The standard InChI is InChI=1S/C11H13NO3.Na/c1-8(13)12-10(11(14)15)7-9-5-3-2-4-6-9;/h2-6,10H,7H2,1H3,(H,12,13)(H,14,15);/q;+1/p-1. The van der Waals surface area contributed by atoms with Crippen LogP contribution in [0.4, 0.5) is 0 Å². The second kappa shape index (κ2) is 7.44. The van der Waals surface area contributed by atoms with Crippen molar-refractivity contribution in [2.24, 2.45) is 0 Å². The number of rotatable bonds is 4. The fourth-order valence-electron chi connectivity index (χ4n) is 1.29. The maximum absolute atomic E-state index is 10.7. The van der Waals surface area contributed by atoms with Crippen molar-refractivity contribution in [1.82, 2.24) is 5.32 Å². The zero-order valence-corrected chi connectivity index (χ0v) is 11.4. The predicted octanol–water partition coefficient (Wildman–Crippen LogP) is -3.51. The van der Waals surface area contributed by atoms with Crippen molar-refractivity contribution in [1.29, 1.82) is 0 Å². The molecular weight excluding hydrogens is 217 g/mol. The van der Waals surface area contributed by atoms with E-state index < -0.39 is 12.0 Å². The van der Waals surface area contributed by atoms with E-state index in [0.717, 1.165) is 5.56 Å². The van der Waals surface area contributed by atoms with Crippen molar-refractivity contribution in [3.8, 4) is 0 Å². The number of carboxylic acids is 1. The molecule has 0 bridgehead atoms. The Bertz CT molecular complexity index is 354. The van der Waals surface area contributed by atoms with Gasteiger partial charge in [-0.3, -0.25) is 4.79 Å². The SMILES string of the molecule is CC(=O)NC(Cc1ccccc1)C(=O)[O-].[Na+]. The number of benzene rings is 1. The minimum atomic E-state index is -1.27. The van der Waals surface area contributed by atoms with Gasteiger partial charge in [-0.2, -0.15) is 0 Å². The Labute approximate surface area is 116 Å². The molecule has 0 aromatic heterocycles. The molecule has 1 N–H and O–H groups in total. The first-order valence-corrected chi connectivity index (χ1v) is 4.61. The van der Waals surface area contributed by atoms with Crippen molar-refractivity contribution in [2.75, 3.05) is 0 Å². The molecular formula is C11H12NNaO3. The molecule has 0 radical (unpaired) electrons. The van der Waals surface area contributed by atoms with Crippen LogP contribution < -0.4 is 40.0 Å². The van der Waals surface area contributed by atoms with Crippen LogP contribution in [0.1, 0.15) is 12.5 Å². The van der Waals surface area contributed by atoms with E-state index in [1.807, 2.05) is 18.2 Å². The minimum Gasteiger partial charge on any atom is -0.548 e. The van der Waals surface area contributed by atoms with Crippen LogP contribution in [0.3, 0.4) is 0 Å². The van der Waals surface area contributed by atoms with Gasteiger partial charge in [0.15, 0.2) is 0 Å². The van der Waals surface area contributed by atoms with Crippen molar-refractivity contribution >= 4 is 11.9 Å². The summed E-state index contributed by atoms with van der Waals surface area (Å²) in [5.41, 5.74) is 0.848. The summed E-state index contributed by atoms with van der Waals surface area (Å²) in [6.07, 6.45) is 0.239. The summed E-state index contributed by atoms with van der Waals surface area (Å²) in [6.45, 7) is 1.28. The first kappa shape index (κ1) is 15.2. The van der Waals surface area contributed by atoms with Crippen LogP contribution in [-0.4, -0.2) is 17.9 Å². The minimum absolute atomic E-state index is 0. The molecule has 1 aromatic rings. The monoisotopic (exact) mass is 229 g/mol. The van der Waals surface area contributed by atoms with E-state index in [0.29, 0.717) is 0 Å². The van der Waals surface area contributed by atoms with Crippen LogP contribution in [0, 0.1) is 0 Å². The van der Waals surface area contributed by atoms with Crippen LogP contribution >= 0.6 is 0 Å². The van der Waals surface area contributed by atoms with Gasteiger partial charge in [0.2, 0.25) is 5.91 Å². The largest absolute Gasteiger partial charge is 1.00 e. The second-order valence-electron chi connectivity index (χ2n) is 3.26. The molecule has 4 nitrogen and oxygen atoms in total. The van der Waals surface area contributed by atoms with Crippen LogP contribution in [-0.2, 0) is 16.0 Å². The molecule has 0 aliphatic carbocycles. The molecule has 80 valence electrons. The van der Waals surface area contributed by atoms with Gasteiger partial charge in [-0.05, 0) is 12.0 Å². The van der Waals surface area contributed by atoms with Gasteiger partial charge in [0.05, 0.1) is 12.0 Å². The molecule has 0 saturated heterocycles. The van der Waals surface area contributed by atoms with E-state index in [2.05, 4.69) is 5.32 Å². The molecule has 0 aliphatic rings. The van der Waals surface area contributed by atoms with Gasteiger partial charge in [0, 0.05) is 6.92 Å². The van der Waals surface area contributed by atoms with E-state index in [9.17, 15) is 14.7 Å². The van der Waals surface area contributed by atoms with Crippen LogP contribution in [0.2, 0.25) is 0 Å². The second-order valence-corrected chi connectivity index (χ2v) is 3.26. The van der Waals surface area contributed by atoms with Gasteiger partial charge in [-0.1, -0.05) is 30.3 Å². The Balaban J connectivity index is 0.00000225. The fraction of sp³-hybridized carbons (Fsp3) is 0.273. The summed E-state index contributed by atoms with van der Waals surface area (Å²) >= 11 is 0. The van der Waals surface area contributed by atoms with E-state index in [1.54, 1.807) is 12.1 Å². The molecule has 0 fully saturated rings. The molecule has 0 spiro atoms. The van der Waals surface area contributed by atoms with E-state index in [4.69, 9.17) is 0 Å². The zero-order chi connectivity index (χ0) is 11.3. The Kier molecular flexibility index (Phi) is 7.05. The number of hydrogen-bond donors (Lipinski definition) is 1. The summed E-state index contributed by atoms with van der Waals surface area (Å²) in [5.74, 6) is -1.64. The van der Waals surface area contributed by atoms with Gasteiger partial charge in [-0.25, -0.2) is 0 Å². The number of amides is 1. The van der Waals surface area contributed by atoms with E-state index in [1.165, 1.54) is 6.92 Å². The van der Waals surface area contributed by atoms with E-state index in [-0.39, 0.29) is 41.9 Å². The Morgan fingerprint density at radius 3 is 2.31 bits per heavy atom. The molecule has 1 aromatic carbocycles. The van der Waals surface area contributed by atoms with Crippen molar-refractivity contribution in [2.45, 2.75) is 19.4 Å². The van der Waals surface area contributed by atoms with Crippen molar-refractivity contribution in [3.63, 3.8) is 0 Å².